The first-order chi connectivity index (χ1) is 16.6. The number of pyridine rings is 1. The van der Waals surface area contributed by atoms with Gasteiger partial charge in [0.1, 0.15) is 6.61 Å². The minimum Gasteiger partial charge on any atom is -0.493 e. The molecule has 34 heavy (non-hydrogen) atoms. The number of rotatable bonds is 10. The third-order valence-electron chi connectivity index (χ3n) is 5.27. The second-order valence-corrected chi connectivity index (χ2v) is 9.60. The van der Waals surface area contributed by atoms with Crippen LogP contribution in [0, 0.1) is 0 Å². The smallest absolute Gasteiger partial charge is 0.243 e. The van der Waals surface area contributed by atoms with Crippen molar-refractivity contribution in [2.24, 2.45) is 0 Å². The first-order valence-corrected chi connectivity index (χ1v) is 12.3. The van der Waals surface area contributed by atoms with E-state index in [-0.39, 0.29) is 18.0 Å². The third kappa shape index (κ3) is 5.81. The molecule has 0 aliphatic rings. The molecule has 0 amide bonds. The summed E-state index contributed by atoms with van der Waals surface area (Å²) in [6, 6.07) is 29.2. The average molecular weight is 475 g/mol. The fourth-order valence-electron chi connectivity index (χ4n) is 3.51. The van der Waals surface area contributed by atoms with Crippen molar-refractivity contribution in [2.45, 2.75) is 24.6 Å². The van der Waals surface area contributed by atoms with E-state index in [1.165, 1.54) is 4.31 Å². The van der Waals surface area contributed by atoms with E-state index in [0.29, 0.717) is 23.8 Å². The number of sulfonamides is 1. The highest BCUT2D eigenvalue weighted by molar-refractivity contribution is 7.89. The zero-order valence-electron chi connectivity index (χ0n) is 18.9. The quantitative estimate of drug-likeness (QED) is 0.321. The molecule has 0 unspecified atom stereocenters. The molecule has 0 fully saturated rings. The summed E-state index contributed by atoms with van der Waals surface area (Å²) in [5, 5.41) is 0. The maximum absolute atomic E-state index is 13.5. The molecule has 174 valence electrons. The fourth-order valence-corrected chi connectivity index (χ4v) is 4.93. The van der Waals surface area contributed by atoms with Crippen LogP contribution >= 0.6 is 0 Å². The van der Waals surface area contributed by atoms with Gasteiger partial charge in [0.25, 0.3) is 0 Å². The highest BCUT2D eigenvalue weighted by Crippen LogP contribution is 2.30. The standard InChI is InChI=1S/C27H26N2O4S/c1-32-27-18-23(15-16-26(27)33-21-22-10-4-2-5-11-22)19-29(20-24-12-8-9-17-28-24)34(30,31)25-13-6-3-7-14-25/h2-18H,19-21H2,1H3. The lowest BCUT2D eigenvalue weighted by Gasteiger charge is -2.23. The van der Waals surface area contributed by atoms with Crippen molar-refractivity contribution in [2.75, 3.05) is 7.11 Å². The van der Waals surface area contributed by atoms with Crippen molar-refractivity contribution in [3.8, 4) is 11.5 Å². The van der Waals surface area contributed by atoms with E-state index < -0.39 is 10.0 Å². The number of benzene rings is 3. The van der Waals surface area contributed by atoms with E-state index in [0.717, 1.165) is 11.1 Å². The Morgan fingerprint density at radius 2 is 1.47 bits per heavy atom. The van der Waals surface area contributed by atoms with Crippen molar-refractivity contribution in [3.63, 3.8) is 0 Å². The van der Waals surface area contributed by atoms with E-state index in [1.807, 2.05) is 60.7 Å². The molecule has 0 bridgehead atoms. The lowest BCUT2D eigenvalue weighted by molar-refractivity contribution is 0.284. The largest absolute Gasteiger partial charge is 0.493 e. The van der Waals surface area contributed by atoms with E-state index in [1.54, 1.807) is 49.7 Å². The van der Waals surface area contributed by atoms with Crippen LogP contribution in [0.3, 0.4) is 0 Å². The predicted octanol–water partition coefficient (Wildman–Crippen LogP) is 5.06. The van der Waals surface area contributed by atoms with Crippen LogP contribution in [-0.2, 0) is 29.7 Å². The van der Waals surface area contributed by atoms with Gasteiger partial charge in [-0.3, -0.25) is 4.98 Å². The van der Waals surface area contributed by atoms with Crippen molar-refractivity contribution in [3.05, 3.63) is 120 Å². The third-order valence-corrected chi connectivity index (χ3v) is 7.08. The van der Waals surface area contributed by atoms with Crippen LogP contribution < -0.4 is 9.47 Å². The van der Waals surface area contributed by atoms with Gasteiger partial charge in [-0.2, -0.15) is 4.31 Å². The second-order valence-electron chi connectivity index (χ2n) is 7.67. The maximum Gasteiger partial charge on any atom is 0.243 e. The summed E-state index contributed by atoms with van der Waals surface area (Å²) < 4.78 is 39.8. The summed E-state index contributed by atoms with van der Waals surface area (Å²) in [6.45, 7) is 0.709. The van der Waals surface area contributed by atoms with Crippen LogP contribution in [0.4, 0.5) is 0 Å². The summed E-state index contributed by atoms with van der Waals surface area (Å²) in [5.41, 5.74) is 2.49. The Morgan fingerprint density at radius 3 is 2.15 bits per heavy atom. The van der Waals surface area contributed by atoms with E-state index in [4.69, 9.17) is 9.47 Å². The SMILES string of the molecule is COc1cc(CN(Cc2ccccn2)S(=O)(=O)c2ccccc2)ccc1OCc1ccccc1. The minimum absolute atomic E-state index is 0.145. The Balaban J connectivity index is 1.59. The van der Waals surface area contributed by atoms with Crippen molar-refractivity contribution >= 4 is 10.0 Å². The fraction of sp³-hybridized carbons (Fsp3) is 0.148. The van der Waals surface area contributed by atoms with Gasteiger partial charge in [-0.25, -0.2) is 8.42 Å². The normalized spacial score (nSPS) is 11.4. The Hall–Kier alpha value is -3.68. The molecule has 3 aromatic carbocycles. The molecule has 0 radical (unpaired) electrons. The van der Waals surface area contributed by atoms with Crippen LogP contribution in [0.25, 0.3) is 0 Å². The van der Waals surface area contributed by atoms with Crippen molar-refractivity contribution < 1.29 is 17.9 Å². The summed E-state index contributed by atoms with van der Waals surface area (Å²) in [5.74, 6) is 1.14. The van der Waals surface area contributed by atoms with E-state index in [9.17, 15) is 8.42 Å². The van der Waals surface area contributed by atoms with Crippen molar-refractivity contribution in [1.82, 2.24) is 9.29 Å². The Labute approximate surface area is 200 Å². The number of ether oxygens (including phenoxy) is 2. The Morgan fingerprint density at radius 1 is 0.765 bits per heavy atom. The molecule has 0 atom stereocenters. The second kappa shape index (κ2) is 11.0. The lowest BCUT2D eigenvalue weighted by atomic mass is 10.2. The molecule has 0 N–H and O–H groups in total. The summed E-state index contributed by atoms with van der Waals surface area (Å²) in [4.78, 5) is 4.55. The number of nitrogens with zero attached hydrogens (tertiary/aromatic N) is 2. The van der Waals surface area contributed by atoms with Gasteiger partial charge in [0, 0.05) is 12.7 Å². The Kier molecular flexibility index (Phi) is 7.57. The summed E-state index contributed by atoms with van der Waals surface area (Å²) in [7, 11) is -2.18. The summed E-state index contributed by atoms with van der Waals surface area (Å²) >= 11 is 0. The first-order valence-electron chi connectivity index (χ1n) is 10.8. The first kappa shape index (κ1) is 23.5. The highest BCUT2D eigenvalue weighted by atomic mass is 32.2. The van der Waals surface area contributed by atoms with Gasteiger partial charge >= 0.3 is 0 Å². The molecular weight excluding hydrogens is 448 g/mol. The number of methoxy groups -OCH3 is 1. The van der Waals surface area contributed by atoms with E-state index in [2.05, 4.69) is 4.98 Å². The topological polar surface area (TPSA) is 68.7 Å². The number of aromatic nitrogens is 1. The van der Waals surface area contributed by atoms with Gasteiger partial charge in [-0.15, -0.1) is 0 Å². The van der Waals surface area contributed by atoms with Gasteiger partial charge in [0.2, 0.25) is 10.0 Å². The van der Waals surface area contributed by atoms with Gasteiger partial charge in [0.15, 0.2) is 11.5 Å². The highest BCUT2D eigenvalue weighted by Gasteiger charge is 2.25. The average Bonchev–Trinajstić information content (AvgIpc) is 2.89. The molecule has 0 saturated heterocycles. The maximum atomic E-state index is 13.5. The summed E-state index contributed by atoms with van der Waals surface area (Å²) in [6.07, 6.45) is 1.66. The molecule has 4 rings (SSSR count). The minimum atomic E-state index is -3.75. The van der Waals surface area contributed by atoms with Crippen LogP contribution in [0.1, 0.15) is 16.8 Å². The molecule has 1 aromatic heterocycles. The Bertz CT molecular complexity index is 1300. The van der Waals surface area contributed by atoms with E-state index >= 15 is 0 Å². The number of hydrogen-bond acceptors (Lipinski definition) is 5. The molecule has 0 aliphatic heterocycles. The zero-order chi connectivity index (χ0) is 23.8. The monoisotopic (exact) mass is 474 g/mol. The predicted molar refractivity (Wildman–Crippen MR) is 131 cm³/mol. The molecule has 0 saturated carbocycles. The molecular formula is C27H26N2O4S. The molecule has 7 heteroatoms. The molecule has 4 aromatic rings. The van der Waals surface area contributed by atoms with Gasteiger partial charge in [0.05, 0.1) is 24.2 Å². The van der Waals surface area contributed by atoms with Gasteiger partial charge in [-0.05, 0) is 47.5 Å². The number of hydrogen-bond donors (Lipinski definition) is 0. The van der Waals surface area contributed by atoms with Crippen LogP contribution in [0.5, 0.6) is 11.5 Å². The van der Waals surface area contributed by atoms with Gasteiger partial charge in [-0.1, -0.05) is 60.7 Å². The van der Waals surface area contributed by atoms with Crippen LogP contribution in [0.15, 0.2) is 108 Å². The molecule has 6 nitrogen and oxygen atoms in total. The van der Waals surface area contributed by atoms with Crippen molar-refractivity contribution in [1.29, 1.82) is 0 Å². The van der Waals surface area contributed by atoms with Crippen LogP contribution in [0.2, 0.25) is 0 Å². The molecule has 0 aliphatic carbocycles. The zero-order valence-corrected chi connectivity index (χ0v) is 19.7. The van der Waals surface area contributed by atoms with Crippen LogP contribution in [-0.4, -0.2) is 24.8 Å². The molecule has 0 spiro atoms. The van der Waals surface area contributed by atoms with Gasteiger partial charge < -0.3 is 9.47 Å². The lowest BCUT2D eigenvalue weighted by Crippen LogP contribution is -2.30. The molecule has 1 heterocycles.